The Morgan fingerprint density at radius 1 is 0.900 bits per heavy atom. The smallest absolute Gasteiger partial charge is 0.184 e. The van der Waals surface area contributed by atoms with Gasteiger partial charge >= 0.3 is 0 Å². The molecule has 2 aromatic heterocycles. The molecule has 0 amide bonds. The molecule has 0 aliphatic heterocycles. The van der Waals surface area contributed by atoms with Crippen LogP contribution in [0.3, 0.4) is 0 Å². The van der Waals surface area contributed by atoms with Crippen molar-refractivity contribution in [3.63, 3.8) is 0 Å². The maximum Gasteiger partial charge on any atom is 0.184 e. The van der Waals surface area contributed by atoms with E-state index in [2.05, 4.69) is 15.2 Å². The zero-order valence-corrected chi connectivity index (χ0v) is 12.7. The number of hydrogen-bond donors (Lipinski definition) is 1. The van der Waals surface area contributed by atoms with E-state index in [0.717, 1.165) is 17.3 Å². The number of nitrogens with one attached hydrogen (secondary N) is 1. The fourth-order valence-corrected chi connectivity index (χ4v) is 3.92. The van der Waals surface area contributed by atoms with E-state index < -0.39 is 0 Å². The molecule has 20 heavy (non-hydrogen) atoms. The van der Waals surface area contributed by atoms with Crippen molar-refractivity contribution in [3.05, 3.63) is 16.9 Å². The van der Waals surface area contributed by atoms with Crippen LogP contribution in [0.1, 0.15) is 61.9 Å². The monoisotopic (exact) mass is 290 g/mol. The quantitative estimate of drug-likeness (QED) is 0.858. The highest BCUT2D eigenvalue weighted by molar-refractivity contribution is 7.15. The topological polar surface area (TPSA) is 54.5 Å². The van der Waals surface area contributed by atoms with Gasteiger partial charge in [0.05, 0.1) is 5.69 Å². The number of hydrogen-bond acceptors (Lipinski definition) is 4. The molecule has 2 heterocycles. The molecule has 0 saturated heterocycles. The molecule has 0 aromatic carbocycles. The number of fused-ring (bicyclic) bond motifs is 1. The van der Waals surface area contributed by atoms with Crippen LogP contribution in [0, 0.1) is 0 Å². The molecular formula is C15H22N4S. The van der Waals surface area contributed by atoms with Crippen LogP contribution in [0.4, 0.5) is 0 Å². The van der Waals surface area contributed by atoms with Crippen LogP contribution in [0.15, 0.2) is 6.33 Å². The van der Waals surface area contributed by atoms with Crippen LogP contribution in [-0.4, -0.2) is 20.2 Å². The van der Waals surface area contributed by atoms with Crippen LogP contribution in [0.2, 0.25) is 0 Å². The number of H-pyrrole nitrogens is 1. The number of aromatic amines is 1. The fourth-order valence-electron chi connectivity index (χ4n) is 2.82. The Morgan fingerprint density at radius 3 is 2.30 bits per heavy atom. The van der Waals surface area contributed by atoms with E-state index in [1.165, 1.54) is 68.4 Å². The molecule has 4 nitrogen and oxygen atoms in total. The van der Waals surface area contributed by atoms with Crippen molar-refractivity contribution >= 4 is 11.3 Å². The highest BCUT2D eigenvalue weighted by atomic mass is 32.1. The van der Waals surface area contributed by atoms with E-state index in [1.807, 2.05) is 0 Å². The second-order valence-corrected chi connectivity index (χ2v) is 6.64. The molecule has 5 heteroatoms. The zero-order chi connectivity index (χ0) is 13.6. The third kappa shape index (κ3) is 3.45. The molecule has 0 saturated carbocycles. The van der Waals surface area contributed by atoms with Gasteiger partial charge in [0, 0.05) is 4.88 Å². The lowest BCUT2D eigenvalue weighted by Gasteiger charge is -2.06. The van der Waals surface area contributed by atoms with Gasteiger partial charge < -0.3 is 0 Å². The van der Waals surface area contributed by atoms with Crippen LogP contribution in [0.25, 0.3) is 10.8 Å². The van der Waals surface area contributed by atoms with E-state index in [4.69, 9.17) is 4.98 Å². The van der Waals surface area contributed by atoms with E-state index >= 15 is 0 Å². The molecule has 0 bridgehead atoms. The summed E-state index contributed by atoms with van der Waals surface area (Å²) in [5, 5.41) is 7.85. The van der Waals surface area contributed by atoms with Crippen LogP contribution < -0.4 is 0 Å². The highest BCUT2D eigenvalue weighted by Crippen LogP contribution is 2.28. The molecule has 1 aliphatic carbocycles. The lowest BCUT2D eigenvalue weighted by Crippen LogP contribution is -1.94. The van der Waals surface area contributed by atoms with Crippen molar-refractivity contribution in [2.45, 2.75) is 64.2 Å². The van der Waals surface area contributed by atoms with Crippen molar-refractivity contribution in [3.8, 4) is 10.8 Å². The van der Waals surface area contributed by atoms with Crippen molar-refractivity contribution in [1.82, 2.24) is 20.2 Å². The van der Waals surface area contributed by atoms with Gasteiger partial charge in [0.25, 0.3) is 0 Å². The summed E-state index contributed by atoms with van der Waals surface area (Å²) >= 11 is 1.80. The van der Waals surface area contributed by atoms with E-state index in [-0.39, 0.29) is 0 Å². The minimum absolute atomic E-state index is 0.812. The molecule has 0 spiro atoms. The van der Waals surface area contributed by atoms with Gasteiger partial charge in [0.1, 0.15) is 6.33 Å². The minimum Gasteiger partial charge on any atom is -0.257 e. The average Bonchev–Trinajstić information content (AvgIpc) is 3.08. The lowest BCUT2D eigenvalue weighted by atomic mass is 10.0. The molecular weight excluding hydrogens is 268 g/mol. The summed E-state index contributed by atoms with van der Waals surface area (Å²) in [7, 11) is 0. The summed E-state index contributed by atoms with van der Waals surface area (Å²) in [6.07, 6.45) is 14.7. The third-order valence-corrected chi connectivity index (χ3v) is 5.13. The maximum absolute atomic E-state index is 4.81. The largest absolute Gasteiger partial charge is 0.257 e. The Bertz CT molecular complexity index is 488. The normalized spacial score (nSPS) is 18.0. The van der Waals surface area contributed by atoms with Crippen LogP contribution in [0.5, 0.6) is 0 Å². The van der Waals surface area contributed by atoms with E-state index in [0.29, 0.717) is 0 Å². The summed E-state index contributed by atoms with van der Waals surface area (Å²) in [6, 6.07) is 0. The van der Waals surface area contributed by atoms with Gasteiger partial charge in [-0.1, -0.05) is 38.5 Å². The third-order valence-electron chi connectivity index (χ3n) is 3.96. The molecule has 2 aromatic rings. The standard InChI is InChI=1S/C15H22N4S/c1-2-4-6-8-10-13-12(9-7-5-3-1)18-15(20-13)14-16-11-17-19-14/h11H,1-10H2,(H,16,17,19). The van der Waals surface area contributed by atoms with Crippen LogP contribution >= 0.6 is 11.3 Å². The van der Waals surface area contributed by atoms with Crippen LogP contribution in [-0.2, 0) is 12.8 Å². The molecule has 1 N–H and O–H groups in total. The number of thiazole rings is 1. The molecule has 1 aliphatic rings. The van der Waals surface area contributed by atoms with Crippen molar-refractivity contribution in [2.24, 2.45) is 0 Å². The second-order valence-electron chi connectivity index (χ2n) is 5.55. The number of rotatable bonds is 1. The van der Waals surface area contributed by atoms with E-state index in [1.54, 1.807) is 17.7 Å². The Hall–Kier alpha value is -1.23. The number of aromatic nitrogens is 4. The highest BCUT2D eigenvalue weighted by Gasteiger charge is 2.14. The predicted octanol–water partition coefficient (Wildman–Crippen LogP) is 4.15. The summed E-state index contributed by atoms with van der Waals surface area (Å²) in [5.74, 6) is 0.812. The maximum atomic E-state index is 4.81. The van der Waals surface area contributed by atoms with Gasteiger partial charge in [0.2, 0.25) is 0 Å². The lowest BCUT2D eigenvalue weighted by molar-refractivity contribution is 0.559. The first-order valence-electron chi connectivity index (χ1n) is 7.78. The molecule has 3 rings (SSSR count). The average molecular weight is 290 g/mol. The summed E-state index contributed by atoms with van der Waals surface area (Å²) < 4.78 is 0. The minimum atomic E-state index is 0.812. The molecule has 0 radical (unpaired) electrons. The Balaban J connectivity index is 1.77. The SMILES string of the molecule is c1n[nH]c(-c2nc3c(s2)CCCCCCCCCC3)n1. The molecule has 0 fully saturated rings. The first-order chi connectivity index (χ1) is 9.93. The van der Waals surface area contributed by atoms with Gasteiger partial charge in [-0.2, -0.15) is 5.10 Å². The summed E-state index contributed by atoms with van der Waals surface area (Å²) in [4.78, 5) is 10.5. The van der Waals surface area contributed by atoms with E-state index in [9.17, 15) is 0 Å². The van der Waals surface area contributed by atoms with Gasteiger partial charge in [-0.3, -0.25) is 5.10 Å². The van der Waals surface area contributed by atoms with Gasteiger partial charge in [-0.25, -0.2) is 9.97 Å². The Morgan fingerprint density at radius 2 is 1.60 bits per heavy atom. The van der Waals surface area contributed by atoms with Gasteiger partial charge in [0.15, 0.2) is 10.8 Å². The number of aryl methyl sites for hydroxylation is 2. The zero-order valence-electron chi connectivity index (χ0n) is 11.9. The van der Waals surface area contributed by atoms with Gasteiger partial charge in [-0.15, -0.1) is 11.3 Å². The van der Waals surface area contributed by atoms with Gasteiger partial charge in [-0.05, 0) is 25.7 Å². The summed E-state index contributed by atoms with van der Waals surface area (Å²) in [6.45, 7) is 0. The molecule has 0 unspecified atom stereocenters. The Labute approximate surface area is 124 Å². The molecule has 0 atom stereocenters. The van der Waals surface area contributed by atoms with Crippen molar-refractivity contribution < 1.29 is 0 Å². The number of nitrogens with zero attached hydrogens (tertiary/aromatic N) is 3. The molecule has 108 valence electrons. The van der Waals surface area contributed by atoms with Crippen molar-refractivity contribution in [1.29, 1.82) is 0 Å². The fraction of sp³-hybridized carbons (Fsp3) is 0.667. The predicted molar refractivity (Wildman–Crippen MR) is 81.8 cm³/mol. The summed E-state index contributed by atoms with van der Waals surface area (Å²) in [5.41, 5.74) is 1.31. The first-order valence-corrected chi connectivity index (χ1v) is 8.59. The second kappa shape index (κ2) is 6.97. The van der Waals surface area contributed by atoms with Crippen molar-refractivity contribution in [2.75, 3.05) is 0 Å². The Kier molecular flexibility index (Phi) is 4.79. The first kappa shape index (κ1) is 13.7.